The summed E-state index contributed by atoms with van der Waals surface area (Å²) in [5.74, 6) is 4.34. The first-order chi connectivity index (χ1) is 16.9. The number of aromatic nitrogens is 1. The highest BCUT2D eigenvalue weighted by molar-refractivity contribution is 5.67. The largest absolute Gasteiger partial charge is 0.493 e. The lowest BCUT2D eigenvalue weighted by molar-refractivity contribution is 0.342. The van der Waals surface area contributed by atoms with Crippen molar-refractivity contribution in [3.63, 3.8) is 0 Å². The molecule has 0 amide bonds. The summed E-state index contributed by atoms with van der Waals surface area (Å²) < 4.78 is 24.3. The van der Waals surface area contributed by atoms with Gasteiger partial charge >= 0.3 is 0 Å². The van der Waals surface area contributed by atoms with Crippen LogP contribution in [0.3, 0.4) is 0 Å². The van der Waals surface area contributed by atoms with Gasteiger partial charge in [-0.3, -0.25) is 0 Å². The summed E-state index contributed by atoms with van der Waals surface area (Å²) in [5.41, 5.74) is 8.27. The van der Waals surface area contributed by atoms with E-state index < -0.39 is 0 Å². The standard InChI is InChI=1S/C31H35NO4/c1-16-17(2)27-28(32-18(16)3)36-26-11-20-22(13-25(26)35-27)31(15-30(20,6)7)14-29(4,5)19-10-23(33-8)24(34-9)12-21(19)31/h10-13H,14-15H2,1-9H3. The van der Waals surface area contributed by atoms with E-state index >= 15 is 0 Å². The molecule has 1 aliphatic heterocycles. The quantitative estimate of drug-likeness (QED) is 0.293. The number of rotatable bonds is 2. The highest BCUT2D eigenvalue weighted by Gasteiger charge is 2.57. The second-order valence-electron chi connectivity index (χ2n) is 12.1. The fraction of sp³-hybridized carbons (Fsp3) is 0.452. The van der Waals surface area contributed by atoms with Crippen molar-refractivity contribution in [3.8, 4) is 34.6 Å². The van der Waals surface area contributed by atoms with E-state index in [1.165, 1.54) is 22.3 Å². The lowest BCUT2D eigenvalue weighted by Crippen LogP contribution is -2.27. The topological polar surface area (TPSA) is 49.8 Å². The van der Waals surface area contributed by atoms with Gasteiger partial charge in [0.2, 0.25) is 0 Å². The molecule has 3 aromatic rings. The van der Waals surface area contributed by atoms with Gasteiger partial charge in [-0.2, -0.15) is 0 Å². The van der Waals surface area contributed by atoms with Crippen LogP contribution in [0.4, 0.5) is 0 Å². The van der Waals surface area contributed by atoms with Crippen LogP contribution in [0.25, 0.3) is 0 Å². The molecular weight excluding hydrogens is 450 g/mol. The van der Waals surface area contributed by atoms with Crippen LogP contribution in [0, 0.1) is 20.8 Å². The number of fused-ring (bicyclic) bond motifs is 6. The Labute approximate surface area is 213 Å². The van der Waals surface area contributed by atoms with Crippen molar-refractivity contribution in [2.24, 2.45) is 0 Å². The van der Waals surface area contributed by atoms with Crippen LogP contribution in [-0.2, 0) is 16.2 Å². The molecule has 1 spiro atoms. The third-order valence-electron chi connectivity index (χ3n) is 8.91. The molecule has 1 aromatic heterocycles. The summed E-state index contributed by atoms with van der Waals surface area (Å²) in [7, 11) is 3.42. The molecule has 1 unspecified atom stereocenters. The average Bonchev–Trinajstić information content (AvgIpc) is 3.18. The van der Waals surface area contributed by atoms with Gasteiger partial charge in [0, 0.05) is 16.7 Å². The van der Waals surface area contributed by atoms with E-state index in [-0.39, 0.29) is 16.2 Å². The molecule has 36 heavy (non-hydrogen) atoms. The van der Waals surface area contributed by atoms with Crippen molar-refractivity contribution >= 4 is 0 Å². The second kappa shape index (κ2) is 7.18. The van der Waals surface area contributed by atoms with Crippen LogP contribution in [0.2, 0.25) is 0 Å². The maximum atomic E-state index is 6.53. The number of ether oxygens (including phenoxy) is 4. The maximum Gasteiger partial charge on any atom is 0.263 e. The zero-order valence-electron chi connectivity index (χ0n) is 22.8. The van der Waals surface area contributed by atoms with Crippen LogP contribution in [0.5, 0.6) is 34.6 Å². The van der Waals surface area contributed by atoms with Crippen molar-refractivity contribution < 1.29 is 18.9 Å². The van der Waals surface area contributed by atoms with Gasteiger partial charge in [-0.05, 0) is 96.5 Å². The zero-order chi connectivity index (χ0) is 25.8. The van der Waals surface area contributed by atoms with Crippen LogP contribution >= 0.6 is 0 Å². The number of methoxy groups -OCH3 is 2. The van der Waals surface area contributed by atoms with E-state index in [9.17, 15) is 0 Å². The van der Waals surface area contributed by atoms with Crippen molar-refractivity contribution in [2.75, 3.05) is 14.2 Å². The lowest BCUT2D eigenvalue weighted by Gasteiger charge is -2.31. The molecule has 0 saturated carbocycles. The minimum Gasteiger partial charge on any atom is -0.493 e. The predicted octanol–water partition coefficient (Wildman–Crippen LogP) is 7.57. The van der Waals surface area contributed by atoms with Crippen molar-refractivity contribution in [1.82, 2.24) is 4.98 Å². The van der Waals surface area contributed by atoms with Crippen LogP contribution < -0.4 is 18.9 Å². The normalized spacial score (nSPS) is 21.7. The van der Waals surface area contributed by atoms with Gasteiger partial charge in [-0.15, -0.1) is 0 Å². The van der Waals surface area contributed by atoms with E-state index in [1.54, 1.807) is 14.2 Å². The third kappa shape index (κ3) is 2.92. The fourth-order valence-corrected chi connectivity index (χ4v) is 7.09. The van der Waals surface area contributed by atoms with Crippen molar-refractivity contribution in [1.29, 1.82) is 0 Å². The van der Waals surface area contributed by atoms with Crippen LogP contribution in [-0.4, -0.2) is 19.2 Å². The summed E-state index contributed by atoms with van der Waals surface area (Å²) in [6.45, 7) is 15.5. The van der Waals surface area contributed by atoms with E-state index in [2.05, 4.69) is 70.8 Å². The Hall–Kier alpha value is -3.21. The first kappa shape index (κ1) is 23.2. The summed E-state index contributed by atoms with van der Waals surface area (Å²) in [6.07, 6.45) is 2.02. The minimum atomic E-state index is -0.146. The molecule has 0 fully saturated rings. The third-order valence-corrected chi connectivity index (χ3v) is 8.91. The summed E-state index contributed by atoms with van der Waals surface area (Å²) >= 11 is 0. The molecule has 1 atom stereocenters. The monoisotopic (exact) mass is 485 g/mol. The molecule has 0 N–H and O–H groups in total. The molecular formula is C31H35NO4. The zero-order valence-corrected chi connectivity index (χ0v) is 22.8. The number of aryl methyl sites for hydroxylation is 1. The van der Waals surface area contributed by atoms with Gasteiger partial charge < -0.3 is 18.9 Å². The van der Waals surface area contributed by atoms with Crippen LogP contribution in [0.15, 0.2) is 24.3 Å². The Balaban J connectivity index is 1.57. The molecule has 0 saturated heterocycles. The second-order valence-corrected chi connectivity index (χ2v) is 12.1. The number of benzene rings is 2. The van der Waals surface area contributed by atoms with Gasteiger partial charge in [-0.25, -0.2) is 4.98 Å². The minimum absolute atomic E-state index is 0.0123. The smallest absolute Gasteiger partial charge is 0.263 e. The SMILES string of the molecule is COc1cc2c(cc1OC)C1(CC2(C)C)CC(C)(C)c2cc3c(cc21)Oc1c(nc(C)c(C)c1C)O3. The molecule has 0 bridgehead atoms. The average molecular weight is 486 g/mol. The molecule has 2 heterocycles. The van der Waals surface area contributed by atoms with Crippen LogP contribution in [0.1, 0.15) is 79.6 Å². The van der Waals surface area contributed by atoms with Gasteiger partial charge in [-0.1, -0.05) is 27.7 Å². The molecule has 188 valence electrons. The molecule has 3 aliphatic rings. The summed E-state index contributed by atoms with van der Waals surface area (Å²) in [4.78, 5) is 4.69. The number of hydrogen-bond donors (Lipinski definition) is 0. The Bertz CT molecular complexity index is 1450. The number of nitrogens with zero attached hydrogens (tertiary/aromatic N) is 1. The number of pyridine rings is 1. The van der Waals surface area contributed by atoms with Crippen molar-refractivity contribution in [2.45, 2.75) is 77.6 Å². The van der Waals surface area contributed by atoms with E-state index in [1.807, 2.05) is 6.92 Å². The maximum absolute atomic E-state index is 6.53. The van der Waals surface area contributed by atoms with Gasteiger partial charge in [0.25, 0.3) is 5.88 Å². The fourth-order valence-electron chi connectivity index (χ4n) is 7.09. The van der Waals surface area contributed by atoms with Gasteiger partial charge in [0.15, 0.2) is 28.7 Å². The molecule has 5 heteroatoms. The Morgan fingerprint density at radius 3 is 1.81 bits per heavy atom. The predicted molar refractivity (Wildman–Crippen MR) is 141 cm³/mol. The van der Waals surface area contributed by atoms with E-state index in [4.69, 9.17) is 18.9 Å². The van der Waals surface area contributed by atoms with E-state index in [0.717, 1.165) is 58.4 Å². The highest BCUT2D eigenvalue weighted by Crippen LogP contribution is 2.65. The molecule has 0 radical (unpaired) electrons. The van der Waals surface area contributed by atoms with Gasteiger partial charge in [0.1, 0.15) is 0 Å². The Morgan fingerprint density at radius 2 is 1.19 bits per heavy atom. The molecule has 5 nitrogen and oxygen atoms in total. The van der Waals surface area contributed by atoms with Crippen molar-refractivity contribution in [3.05, 3.63) is 63.3 Å². The summed E-state index contributed by atoms with van der Waals surface area (Å²) in [6, 6.07) is 8.82. The Kier molecular flexibility index (Phi) is 4.63. The summed E-state index contributed by atoms with van der Waals surface area (Å²) in [5, 5.41) is 0. The molecule has 2 aliphatic carbocycles. The highest BCUT2D eigenvalue weighted by atomic mass is 16.6. The Morgan fingerprint density at radius 1 is 0.694 bits per heavy atom. The van der Waals surface area contributed by atoms with Gasteiger partial charge in [0.05, 0.1) is 14.2 Å². The first-order valence-electron chi connectivity index (χ1n) is 12.7. The van der Waals surface area contributed by atoms with E-state index in [0.29, 0.717) is 5.88 Å². The number of hydrogen-bond acceptors (Lipinski definition) is 5. The molecule has 2 aromatic carbocycles. The first-order valence-corrected chi connectivity index (χ1v) is 12.7. The lowest BCUT2D eigenvalue weighted by atomic mass is 9.72. The molecule has 6 rings (SSSR count).